The van der Waals surface area contributed by atoms with Gasteiger partial charge in [0.05, 0.1) is 16.6 Å². The number of fused-ring (bicyclic) bond motifs is 1. The van der Waals surface area contributed by atoms with Crippen molar-refractivity contribution in [2.45, 2.75) is 39.4 Å². The van der Waals surface area contributed by atoms with Crippen molar-refractivity contribution < 1.29 is 13.2 Å². The molecule has 0 unspecified atom stereocenters. The van der Waals surface area contributed by atoms with Gasteiger partial charge in [0.15, 0.2) is 0 Å². The molecule has 0 amide bonds. The second-order valence-electron chi connectivity index (χ2n) is 5.22. The summed E-state index contributed by atoms with van der Waals surface area (Å²) in [5.41, 5.74) is 6.68. The molecule has 2 rings (SSSR count). The van der Waals surface area contributed by atoms with Gasteiger partial charge in [0.1, 0.15) is 5.82 Å². The van der Waals surface area contributed by atoms with Gasteiger partial charge in [-0.05, 0) is 43.3 Å². The van der Waals surface area contributed by atoms with Crippen molar-refractivity contribution in [2.24, 2.45) is 5.73 Å². The molecule has 0 saturated heterocycles. The SMILES string of the molecule is CC/C=C(\C=C/N)c1nc2ccc(C(F)(F)F)cc2n1CCC. The van der Waals surface area contributed by atoms with E-state index < -0.39 is 11.7 Å². The number of rotatable bonds is 5. The maximum atomic E-state index is 13.0. The van der Waals surface area contributed by atoms with E-state index in [0.29, 0.717) is 23.4 Å². The molecule has 2 aromatic rings. The summed E-state index contributed by atoms with van der Waals surface area (Å²) in [6.07, 6.45) is 2.30. The average Bonchev–Trinajstić information content (AvgIpc) is 2.85. The van der Waals surface area contributed by atoms with Gasteiger partial charge in [-0.2, -0.15) is 13.2 Å². The Kier molecular flexibility index (Phi) is 5.13. The predicted octanol–water partition coefficient (Wildman–Crippen LogP) is 4.73. The number of alkyl halides is 3. The lowest BCUT2D eigenvalue weighted by Crippen LogP contribution is -2.06. The number of allylic oxidation sites excluding steroid dienone is 3. The average molecular weight is 323 g/mol. The van der Waals surface area contributed by atoms with E-state index in [9.17, 15) is 13.2 Å². The zero-order valence-electron chi connectivity index (χ0n) is 13.2. The summed E-state index contributed by atoms with van der Waals surface area (Å²) in [5, 5.41) is 0. The molecule has 0 aliphatic rings. The van der Waals surface area contributed by atoms with Gasteiger partial charge in [-0.3, -0.25) is 0 Å². The van der Waals surface area contributed by atoms with Crippen LogP contribution in [0.25, 0.3) is 16.6 Å². The van der Waals surface area contributed by atoms with Gasteiger partial charge in [-0.25, -0.2) is 4.98 Å². The van der Waals surface area contributed by atoms with Gasteiger partial charge >= 0.3 is 6.18 Å². The molecule has 0 fully saturated rings. The first-order valence-electron chi connectivity index (χ1n) is 7.58. The quantitative estimate of drug-likeness (QED) is 0.808. The molecular weight excluding hydrogens is 303 g/mol. The lowest BCUT2D eigenvalue weighted by molar-refractivity contribution is -0.137. The van der Waals surface area contributed by atoms with E-state index >= 15 is 0 Å². The number of benzene rings is 1. The number of nitrogens with zero attached hydrogens (tertiary/aromatic N) is 2. The monoisotopic (exact) mass is 323 g/mol. The number of nitrogens with two attached hydrogens (primary N) is 1. The number of imidazole rings is 1. The van der Waals surface area contributed by atoms with Crippen LogP contribution in [0.15, 0.2) is 36.6 Å². The van der Waals surface area contributed by atoms with E-state index in [4.69, 9.17) is 5.73 Å². The molecular formula is C17H20F3N3. The van der Waals surface area contributed by atoms with Crippen molar-refractivity contribution in [1.29, 1.82) is 0 Å². The Bertz CT molecular complexity index is 739. The Morgan fingerprint density at radius 2 is 2.04 bits per heavy atom. The van der Waals surface area contributed by atoms with Crippen molar-refractivity contribution in [3.63, 3.8) is 0 Å². The molecule has 0 radical (unpaired) electrons. The van der Waals surface area contributed by atoms with Crippen LogP contribution in [0, 0.1) is 0 Å². The summed E-state index contributed by atoms with van der Waals surface area (Å²) >= 11 is 0. The Morgan fingerprint density at radius 3 is 2.61 bits per heavy atom. The lowest BCUT2D eigenvalue weighted by Gasteiger charge is -2.10. The Hall–Kier alpha value is -2.24. The van der Waals surface area contributed by atoms with E-state index in [1.165, 1.54) is 12.3 Å². The smallest absolute Gasteiger partial charge is 0.405 e. The normalized spacial score (nSPS) is 13.3. The van der Waals surface area contributed by atoms with Crippen LogP contribution >= 0.6 is 0 Å². The zero-order chi connectivity index (χ0) is 17.0. The van der Waals surface area contributed by atoms with Crippen LogP contribution in [0.4, 0.5) is 13.2 Å². The van der Waals surface area contributed by atoms with Crippen molar-refractivity contribution in [2.75, 3.05) is 0 Å². The van der Waals surface area contributed by atoms with Crippen LogP contribution in [0.1, 0.15) is 38.1 Å². The summed E-state index contributed by atoms with van der Waals surface area (Å²) in [6.45, 7) is 4.55. The fourth-order valence-electron chi connectivity index (χ4n) is 2.53. The molecule has 124 valence electrons. The van der Waals surface area contributed by atoms with Crippen molar-refractivity contribution in [3.8, 4) is 0 Å². The Morgan fingerprint density at radius 1 is 1.30 bits per heavy atom. The van der Waals surface area contributed by atoms with Crippen molar-refractivity contribution in [3.05, 3.63) is 47.9 Å². The minimum Gasteiger partial charge on any atom is -0.405 e. The van der Waals surface area contributed by atoms with Crippen LogP contribution in [0.3, 0.4) is 0 Å². The Balaban J connectivity index is 2.70. The van der Waals surface area contributed by atoms with E-state index in [-0.39, 0.29) is 0 Å². The molecule has 2 N–H and O–H groups in total. The number of aryl methyl sites for hydroxylation is 1. The first kappa shape index (κ1) is 17.1. The second-order valence-corrected chi connectivity index (χ2v) is 5.22. The molecule has 1 aromatic carbocycles. The highest BCUT2D eigenvalue weighted by molar-refractivity contribution is 5.82. The third-order valence-corrected chi connectivity index (χ3v) is 3.48. The fourth-order valence-corrected chi connectivity index (χ4v) is 2.53. The first-order valence-corrected chi connectivity index (χ1v) is 7.58. The molecule has 0 aliphatic heterocycles. The van der Waals surface area contributed by atoms with E-state index in [1.807, 2.05) is 24.5 Å². The van der Waals surface area contributed by atoms with Gasteiger partial charge in [-0.15, -0.1) is 0 Å². The molecule has 0 bridgehead atoms. The minimum atomic E-state index is -4.37. The molecule has 1 heterocycles. The van der Waals surface area contributed by atoms with Gasteiger partial charge in [0, 0.05) is 12.1 Å². The van der Waals surface area contributed by atoms with Crippen molar-refractivity contribution in [1.82, 2.24) is 9.55 Å². The summed E-state index contributed by atoms with van der Waals surface area (Å²) in [7, 11) is 0. The van der Waals surface area contributed by atoms with Gasteiger partial charge in [-0.1, -0.05) is 19.9 Å². The molecule has 0 atom stereocenters. The lowest BCUT2D eigenvalue weighted by atomic mass is 10.2. The molecule has 23 heavy (non-hydrogen) atoms. The van der Waals surface area contributed by atoms with Gasteiger partial charge in [0.25, 0.3) is 0 Å². The molecule has 6 heteroatoms. The number of hydrogen-bond donors (Lipinski definition) is 1. The molecule has 1 aromatic heterocycles. The van der Waals surface area contributed by atoms with Gasteiger partial charge in [0.2, 0.25) is 0 Å². The maximum Gasteiger partial charge on any atom is 0.416 e. The third-order valence-electron chi connectivity index (χ3n) is 3.48. The molecule has 0 aliphatic carbocycles. The summed E-state index contributed by atoms with van der Waals surface area (Å²) in [6, 6.07) is 3.65. The second kappa shape index (κ2) is 6.89. The summed E-state index contributed by atoms with van der Waals surface area (Å²) in [4.78, 5) is 4.51. The number of hydrogen-bond acceptors (Lipinski definition) is 2. The zero-order valence-corrected chi connectivity index (χ0v) is 13.2. The van der Waals surface area contributed by atoms with Crippen molar-refractivity contribution >= 4 is 16.6 Å². The molecule has 0 spiro atoms. The van der Waals surface area contributed by atoms with Gasteiger partial charge < -0.3 is 10.3 Å². The number of aromatic nitrogens is 2. The topological polar surface area (TPSA) is 43.8 Å². The number of halogens is 3. The van der Waals surface area contributed by atoms with Crippen LogP contribution in [0.5, 0.6) is 0 Å². The van der Waals surface area contributed by atoms with Crippen LogP contribution < -0.4 is 5.73 Å². The van der Waals surface area contributed by atoms with E-state index in [0.717, 1.165) is 30.5 Å². The van der Waals surface area contributed by atoms with Crippen LogP contribution in [-0.4, -0.2) is 9.55 Å². The summed E-state index contributed by atoms with van der Waals surface area (Å²) < 4.78 is 40.7. The Labute approximate surface area is 133 Å². The minimum absolute atomic E-state index is 0.490. The largest absolute Gasteiger partial charge is 0.416 e. The van der Waals surface area contributed by atoms with Crippen LogP contribution in [0.2, 0.25) is 0 Å². The van der Waals surface area contributed by atoms with Crippen LogP contribution in [-0.2, 0) is 12.7 Å². The molecule has 0 saturated carbocycles. The first-order chi connectivity index (χ1) is 10.9. The highest BCUT2D eigenvalue weighted by atomic mass is 19.4. The van der Waals surface area contributed by atoms with E-state index in [2.05, 4.69) is 4.98 Å². The van der Waals surface area contributed by atoms with E-state index in [1.54, 1.807) is 6.08 Å². The predicted molar refractivity (Wildman–Crippen MR) is 86.6 cm³/mol. The highest BCUT2D eigenvalue weighted by Crippen LogP contribution is 2.32. The standard InChI is InChI=1S/C17H20F3N3/c1-3-5-12(8-9-21)16-22-14-7-6-13(17(18,19)20)11-15(14)23(16)10-4-2/h5-9,11H,3-4,10,21H2,1-2H3/b9-8-,12-5+. The summed E-state index contributed by atoms with van der Waals surface area (Å²) in [5.74, 6) is 0.643. The maximum absolute atomic E-state index is 13.0. The molecule has 3 nitrogen and oxygen atoms in total. The highest BCUT2D eigenvalue weighted by Gasteiger charge is 2.31. The third kappa shape index (κ3) is 3.57. The fraction of sp³-hybridized carbons (Fsp3) is 0.353.